The Kier molecular flexibility index (Phi) is 12.6. The molecule has 6 heteroatoms. The molecule has 8 heavy (non-hydrogen) atoms. The van der Waals surface area contributed by atoms with Crippen molar-refractivity contribution in [1.29, 1.82) is 0 Å². The number of nitrogens with two attached hydrogens (primary N) is 1. The standard InChI is InChI=1S/C2H5NO2.BH2O2/c3-1-2(4)5;2-1-3/h1,3H2,(H,4,5);2-3H. The van der Waals surface area contributed by atoms with Crippen LogP contribution in [0.5, 0.6) is 0 Å². The predicted octanol–water partition coefficient (Wildman–Crippen LogP) is -2.47. The molecule has 0 unspecified atom stereocenters. The monoisotopic (exact) mass is 120 g/mol. The van der Waals surface area contributed by atoms with Gasteiger partial charge in [-0.2, -0.15) is 0 Å². The summed E-state index contributed by atoms with van der Waals surface area (Å²) in [5.74, 6) is -0.968. The molecule has 0 bridgehead atoms. The lowest BCUT2D eigenvalue weighted by atomic mass is 10.5. The zero-order valence-electron chi connectivity index (χ0n) is 4.11. The Bertz CT molecular complexity index is 58.0. The summed E-state index contributed by atoms with van der Waals surface area (Å²) in [5, 5.41) is 21.6. The average Bonchev–Trinajstić information content (AvgIpc) is 1.69. The van der Waals surface area contributed by atoms with Gasteiger partial charge in [-0.3, -0.25) is 4.79 Å². The summed E-state index contributed by atoms with van der Waals surface area (Å²) in [7, 11) is 0. The maximum Gasteiger partial charge on any atom is 0.482 e. The molecule has 1 radical (unpaired) electrons. The first-order chi connectivity index (χ1) is 3.68. The summed E-state index contributed by atoms with van der Waals surface area (Å²) in [6.45, 7) is -0.278. The molecule has 0 aromatic rings. The molecular formula is C2H7BNO4. The van der Waals surface area contributed by atoms with E-state index in [-0.39, 0.29) is 14.2 Å². The second kappa shape index (κ2) is 9.65. The van der Waals surface area contributed by atoms with Crippen LogP contribution < -0.4 is 5.73 Å². The van der Waals surface area contributed by atoms with Crippen LogP contribution in [0.15, 0.2) is 0 Å². The molecule has 0 aliphatic rings. The van der Waals surface area contributed by atoms with Gasteiger partial charge in [0.15, 0.2) is 0 Å². The molecule has 5 nitrogen and oxygen atoms in total. The molecule has 0 aromatic heterocycles. The molecule has 0 aliphatic carbocycles. The lowest BCUT2D eigenvalue weighted by Gasteiger charge is -1.73. The Hall–Kier alpha value is -0.585. The van der Waals surface area contributed by atoms with Gasteiger partial charge in [-0.15, -0.1) is 0 Å². The van der Waals surface area contributed by atoms with Crippen molar-refractivity contribution in [1.82, 2.24) is 0 Å². The van der Waals surface area contributed by atoms with Crippen molar-refractivity contribution < 1.29 is 19.9 Å². The zero-order chi connectivity index (χ0) is 6.99. The Morgan fingerprint density at radius 2 is 1.75 bits per heavy atom. The summed E-state index contributed by atoms with van der Waals surface area (Å²) in [4.78, 5) is 9.24. The third kappa shape index (κ3) is 52.7. The van der Waals surface area contributed by atoms with E-state index >= 15 is 0 Å². The molecule has 5 N–H and O–H groups in total. The number of aliphatic carboxylic acids is 1. The highest BCUT2D eigenvalue weighted by Crippen LogP contribution is 1.43. The summed E-state index contributed by atoms with van der Waals surface area (Å²) < 4.78 is 0. The van der Waals surface area contributed by atoms with Crippen LogP contribution in [-0.4, -0.2) is 35.4 Å². The fourth-order valence-corrected chi connectivity index (χ4v) is 0. The van der Waals surface area contributed by atoms with Crippen LogP contribution in [0.25, 0.3) is 0 Å². The van der Waals surface area contributed by atoms with Crippen molar-refractivity contribution in [3.8, 4) is 0 Å². The van der Waals surface area contributed by atoms with E-state index in [0.29, 0.717) is 0 Å². The minimum atomic E-state index is -0.968. The summed E-state index contributed by atoms with van der Waals surface area (Å²) in [5.41, 5.74) is 4.57. The molecule has 0 fully saturated rings. The second-order valence-electron chi connectivity index (χ2n) is 0.713. The van der Waals surface area contributed by atoms with Crippen molar-refractivity contribution in [2.24, 2.45) is 5.73 Å². The van der Waals surface area contributed by atoms with Crippen molar-refractivity contribution in [3.05, 3.63) is 0 Å². The fraction of sp³-hybridized carbons (Fsp3) is 0.500. The first kappa shape index (κ1) is 10.4. The molecule has 0 rings (SSSR count). The van der Waals surface area contributed by atoms with Gasteiger partial charge in [-0.05, 0) is 0 Å². The first-order valence-electron chi connectivity index (χ1n) is 1.71. The van der Waals surface area contributed by atoms with E-state index in [0.717, 1.165) is 0 Å². The predicted molar refractivity (Wildman–Crippen MR) is 26.9 cm³/mol. The molecular weight excluding hydrogens is 113 g/mol. The third-order valence-corrected chi connectivity index (χ3v) is 0.175. The highest BCUT2D eigenvalue weighted by Gasteiger charge is 1.81. The van der Waals surface area contributed by atoms with E-state index in [1.165, 1.54) is 0 Å². The topological polar surface area (TPSA) is 104 Å². The van der Waals surface area contributed by atoms with Gasteiger partial charge < -0.3 is 20.9 Å². The fourth-order valence-electron chi connectivity index (χ4n) is 0. The van der Waals surface area contributed by atoms with E-state index < -0.39 is 5.97 Å². The van der Waals surface area contributed by atoms with E-state index in [1.54, 1.807) is 0 Å². The van der Waals surface area contributed by atoms with Crippen LogP contribution in [-0.2, 0) is 4.79 Å². The highest BCUT2D eigenvalue weighted by molar-refractivity contribution is 6.13. The van der Waals surface area contributed by atoms with Crippen LogP contribution in [0.1, 0.15) is 0 Å². The molecule has 0 aromatic carbocycles. The Morgan fingerprint density at radius 3 is 1.75 bits per heavy atom. The number of hydrogen-bond donors (Lipinski definition) is 4. The molecule has 0 heterocycles. The molecule has 0 aliphatic heterocycles. The van der Waals surface area contributed by atoms with Crippen LogP contribution in [0, 0.1) is 0 Å². The van der Waals surface area contributed by atoms with Gasteiger partial charge in [0.05, 0.1) is 6.54 Å². The van der Waals surface area contributed by atoms with Gasteiger partial charge in [0.1, 0.15) is 0 Å². The zero-order valence-corrected chi connectivity index (χ0v) is 4.11. The largest absolute Gasteiger partial charge is 0.482 e. The maximum absolute atomic E-state index is 9.24. The Balaban J connectivity index is 0. The smallest absolute Gasteiger partial charge is 0.480 e. The minimum absolute atomic E-state index is 0. The van der Waals surface area contributed by atoms with Crippen molar-refractivity contribution in [2.75, 3.05) is 6.54 Å². The van der Waals surface area contributed by atoms with Crippen molar-refractivity contribution >= 4 is 13.7 Å². The molecule has 0 saturated heterocycles. The molecule has 47 valence electrons. The van der Waals surface area contributed by atoms with Crippen LogP contribution >= 0.6 is 0 Å². The van der Waals surface area contributed by atoms with Gasteiger partial charge in [0, 0.05) is 0 Å². The number of carboxylic acids is 1. The molecule has 0 saturated carbocycles. The summed E-state index contributed by atoms with van der Waals surface area (Å²) in [6.07, 6.45) is 0. The van der Waals surface area contributed by atoms with E-state index in [1.807, 2.05) is 0 Å². The van der Waals surface area contributed by atoms with Crippen LogP contribution in [0.2, 0.25) is 0 Å². The second-order valence-corrected chi connectivity index (χ2v) is 0.713. The van der Waals surface area contributed by atoms with Gasteiger partial charge >= 0.3 is 13.7 Å². The van der Waals surface area contributed by atoms with Gasteiger partial charge in [-0.1, -0.05) is 0 Å². The van der Waals surface area contributed by atoms with Crippen LogP contribution in [0.4, 0.5) is 0 Å². The highest BCUT2D eigenvalue weighted by atomic mass is 16.4. The summed E-state index contributed by atoms with van der Waals surface area (Å²) in [6, 6.07) is 0. The first-order valence-corrected chi connectivity index (χ1v) is 1.71. The van der Waals surface area contributed by atoms with Crippen LogP contribution in [0.3, 0.4) is 0 Å². The van der Waals surface area contributed by atoms with E-state index in [9.17, 15) is 4.79 Å². The maximum atomic E-state index is 9.24. The van der Waals surface area contributed by atoms with E-state index in [4.69, 9.17) is 15.2 Å². The number of hydrogen-bond acceptors (Lipinski definition) is 4. The third-order valence-electron chi connectivity index (χ3n) is 0.175. The normalized spacial score (nSPS) is 6.38. The van der Waals surface area contributed by atoms with Crippen molar-refractivity contribution in [2.45, 2.75) is 0 Å². The Labute approximate surface area is 47.1 Å². The lowest BCUT2D eigenvalue weighted by Crippen LogP contribution is -2.10. The van der Waals surface area contributed by atoms with Gasteiger partial charge in [0.25, 0.3) is 0 Å². The quantitative estimate of drug-likeness (QED) is 0.287. The van der Waals surface area contributed by atoms with Gasteiger partial charge in [-0.25, -0.2) is 0 Å². The molecule has 0 spiro atoms. The van der Waals surface area contributed by atoms with E-state index in [2.05, 4.69) is 5.73 Å². The van der Waals surface area contributed by atoms with Crippen molar-refractivity contribution in [3.63, 3.8) is 0 Å². The number of carboxylic acid groups (broad SMARTS) is 1. The summed E-state index contributed by atoms with van der Waals surface area (Å²) >= 11 is 0. The lowest BCUT2D eigenvalue weighted by molar-refractivity contribution is -0.135. The Morgan fingerprint density at radius 1 is 1.62 bits per heavy atom. The molecule has 0 atom stereocenters. The SMILES string of the molecule is NCC(=O)O.O[B]O. The van der Waals surface area contributed by atoms with Gasteiger partial charge in [0.2, 0.25) is 0 Å². The molecule has 0 amide bonds. The number of rotatable bonds is 1. The number of carbonyl (C=O) groups is 1. The minimum Gasteiger partial charge on any atom is -0.480 e. The average molecular weight is 120 g/mol.